The zero-order valence-corrected chi connectivity index (χ0v) is 22.1. The Morgan fingerprint density at radius 3 is 2.22 bits per heavy atom. The number of aliphatic carboxylic acids is 1. The molecule has 1 fully saturated rings. The smallest absolute Gasteiger partial charge is 0.479 e. The fraction of sp³-hybridized carbons (Fsp3) is 0.286. The number of benzene rings is 2. The van der Waals surface area contributed by atoms with Crippen molar-refractivity contribution in [3.63, 3.8) is 0 Å². The molecule has 2 aromatic carbocycles. The highest BCUT2D eigenvalue weighted by Crippen LogP contribution is 2.41. The fourth-order valence-electron chi connectivity index (χ4n) is 4.40. The number of halogens is 3. The van der Waals surface area contributed by atoms with Crippen LogP contribution in [0.4, 0.5) is 19.0 Å². The number of carboxylic acid groups (broad SMARTS) is 1. The molecule has 1 amide bonds. The quantitative estimate of drug-likeness (QED) is 0.225. The number of hydrogen-bond donors (Lipinski definition) is 1. The van der Waals surface area contributed by atoms with Gasteiger partial charge in [0.15, 0.2) is 5.82 Å². The number of carboxylic acids is 1. The lowest BCUT2D eigenvalue weighted by molar-refractivity contribution is -0.274. The number of amides is 1. The summed E-state index contributed by atoms with van der Waals surface area (Å²) in [5.74, 6) is -4.82. The SMILES string of the molecule is Cc1ccc(N2C(=O)C(=O)C(C(=NOCC(=O)O)c3ccc(C(C)C)cc3)C2c2ccc(OC(F)(F)F)cc2)nn1. The molecule has 0 radical (unpaired) electrons. The monoisotopic (exact) mass is 570 g/mol. The van der Waals surface area contributed by atoms with Crippen LogP contribution in [0.5, 0.6) is 5.75 Å². The Balaban J connectivity index is 1.87. The first-order valence-corrected chi connectivity index (χ1v) is 12.4. The zero-order valence-electron chi connectivity index (χ0n) is 22.1. The standard InChI is InChI=1S/C28H25F3N4O6/c1-15(2)17-5-7-18(8-6-17)24(34-40-14-22(36)37)23-25(19-9-11-20(12-10-19)41-28(29,30)31)35(27(39)26(23)38)21-13-4-16(3)32-33-21/h4-13,15,23,25H,14H2,1-3H3,(H,36,37). The number of alkyl halides is 3. The summed E-state index contributed by atoms with van der Waals surface area (Å²) in [4.78, 5) is 44.3. The van der Waals surface area contributed by atoms with E-state index in [2.05, 4.69) is 20.1 Å². The van der Waals surface area contributed by atoms with Crippen LogP contribution >= 0.6 is 0 Å². The lowest BCUT2D eigenvalue weighted by atomic mass is 9.85. The van der Waals surface area contributed by atoms with Gasteiger partial charge in [-0.1, -0.05) is 55.4 Å². The van der Waals surface area contributed by atoms with Gasteiger partial charge in [-0.15, -0.1) is 18.3 Å². The minimum Gasteiger partial charge on any atom is -0.479 e. The minimum absolute atomic E-state index is 0.0260. The molecule has 3 aromatic rings. The molecular weight excluding hydrogens is 545 g/mol. The maximum absolute atomic E-state index is 13.6. The summed E-state index contributed by atoms with van der Waals surface area (Å²) >= 11 is 0. The van der Waals surface area contributed by atoms with Crippen LogP contribution in [0.3, 0.4) is 0 Å². The van der Waals surface area contributed by atoms with Gasteiger partial charge in [0.25, 0.3) is 5.91 Å². The molecule has 2 heterocycles. The molecule has 0 bridgehead atoms. The third kappa shape index (κ3) is 6.68. The van der Waals surface area contributed by atoms with Gasteiger partial charge in [-0.2, -0.15) is 5.10 Å². The molecule has 1 aromatic heterocycles. The Bertz CT molecular complexity index is 1460. The summed E-state index contributed by atoms with van der Waals surface area (Å²) in [5.41, 5.74) is 2.12. The number of carbonyl (C=O) groups excluding carboxylic acids is 2. The second-order valence-corrected chi connectivity index (χ2v) is 9.53. The van der Waals surface area contributed by atoms with Gasteiger partial charge in [0.1, 0.15) is 11.5 Å². The number of oxime groups is 1. The van der Waals surface area contributed by atoms with Crippen molar-refractivity contribution < 1.29 is 42.2 Å². The predicted molar refractivity (Wildman–Crippen MR) is 139 cm³/mol. The van der Waals surface area contributed by atoms with Crippen molar-refractivity contribution in [3.8, 4) is 5.75 Å². The average Bonchev–Trinajstić information content (AvgIpc) is 3.16. The molecular formula is C28H25F3N4O6. The number of aryl methyl sites for hydroxylation is 1. The van der Waals surface area contributed by atoms with Gasteiger partial charge in [0, 0.05) is 5.56 Å². The van der Waals surface area contributed by atoms with Crippen LogP contribution in [-0.2, 0) is 19.2 Å². The van der Waals surface area contributed by atoms with Crippen molar-refractivity contribution in [2.75, 3.05) is 11.5 Å². The van der Waals surface area contributed by atoms with Crippen LogP contribution in [0, 0.1) is 12.8 Å². The first-order valence-electron chi connectivity index (χ1n) is 12.4. The van der Waals surface area contributed by atoms with Gasteiger partial charge in [0.2, 0.25) is 12.4 Å². The number of anilines is 1. The zero-order chi connectivity index (χ0) is 29.9. The summed E-state index contributed by atoms with van der Waals surface area (Å²) in [5, 5.41) is 21.1. The number of hydrogen-bond acceptors (Lipinski definition) is 8. The van der Waals surface area contributed by atoms with Crippen molar-refractivity contribution >= 4 is 29.2 Å². The van der Waals surface area contributed by atoms with Crippen molar-refractivity contribution in [2.45, 2.75) is 39.1 Å². The minimum atomic E-state index is -4.92. The van der Waals surface area contributed by atoms with E-state index in [1.54, 1.807) is 37.3 Å². The molecule has 10 nitrogen and oxygen atoms in total. The molecule has 2 unspecified atom stereocenters. The molecule has 1 saturated heterocycles. The third-order valence-electron chi connectivity index (χ3n) is 6.31. The molecule has 2 atom stereocenters. The molecule has 1 aliphatic rings. The van der Waals surface area contributed by atoms with Gasteiger partial charge in [-0.05, 0) is 48.2 Å². The van der Waals surface area contributed by atoms with Crippen LogP contribution in [0.2, 0.25) is 0 Å². The van der Waals surface area contributed by atoms with E-state index in [-0.39, 0.29) is 23.0 Å². The molecule has 13 heteroatoms. The van der Waals surface area contributed by atoms with Gasteiger partial charge < -0.3 is 14.7 Å². The molecule has 214 valence electrons. The van der Waals surface area contributed by atoms with Crippen LogP contribution in [0.1, 0.15) is 48.2 Å². The largest absolute Gasteiger partial charge is 0.573 e. The van der Waals surface area contributed by atoms with Crippen molar-refractivity contribution in [2.24, 2.45) is 11.1 Å². The summed E-state index contributed by atoms with van der Waals surface area (Å²) < 4.78 is 42.3. The highest BCUT2D eigenvalue weighted by atomic mass is 19.4. The number of Topliss-reactive ketones (excluding diaryl/α,β-unsaturated/α-hetero) is 1. The maximum atomic E-state index is 13.6. The Morgan fingerprint density at radius 1 is 1.02 bits per heavy atom. The normalized spacial score (nSPS) is 17.7. The van der Waals surface area contributed by atoms with E-state index in [0.717, 1.165) is 22.6 Å². The molecule has 4 rings (SSSR count). The van der Waals surface area contributed by atoms with E-state index in [1.807, 2.05) is 13.8 Å². The number of nitrogens with zero attached hydrogens (tertiary/aromatic N) is 4. The fourth-order valence-corrected chi connectivity index (χ4v) is 4.40. The molecule has 1 N–H and O–H groups in total. The Hall–Kier alpha value is -4.81. The molecule has 0 saturated carbocycles. The van der Waals surface area contributed by atoms with E-state index in [1.165, 1.54) is 18.2 Å². The predicted octanol–water partition coefficient (Wildman–Crippen LogP) is 4.59. The number of ketones is 1. The lowest BCUT2D eigenvalue weighted by Crippen LogP contribution is -2.32. The first kappa shape index (κ1) is 29.2. The van der Waals surface area contributed by atoms with E-state index < -0.39 is 48.3 Å². The van der Waals surface area contributed by atoms with E-state index in [4.69, 9.17) is 9.94 Å². The number of aromatic nitrogens is 2. The van der Waals surface area contributed by atoms with Crippen LogP contribution in [0.25, 0.3) is 0 Å². The van der Waals surface area contributed by atoms with E-state index in [0.29, 0.717) is 11.3 Å². The van der Waals surface area contributed by atoms with Crippen LogP contribution < -0.4 is 9.64 Å². The van der Waals surface area contributed by atoms with Crippen molar-refractivity contribution in [1.82, 2.24) is 10.2 Å². The van der Waals surface area contributed by atoms with Crippen molar-refractivity contribution in [3.05, 3.63) is 83.0 Å². The number of carbonyl (C=O) groups is 3. The highest BCUT2D eigenvalue weighted by molar-refractivity contribution is 6.49. The van der Waals surface area contributed by atoms with E-state index >= 15 is 0 Å². The summed E-state index contributed by atoms with van der Waals surface area (Å²) in [7, 11) is 0. The topological polar surface area (TPSA) is 131 Å². The molecule has 0 aliphatic carbocycles. The van der Waals surface area contributed by atoms with Crippen molar-refractivity contribution in [1.29, 1.82) is 0 Å². The second kappa shape index (κ2) is 11.7. The van der Waals surface area contributed by atoms with Gasteiger partial charge >= 0.3 is 12.3 Å². The Labute approximate surface area is 232 Å². The molecule has 1 aliphatic heterocycles. The third-order valence-corrected chi connectivity index (χ3v) is 6.31. The number of ether oxygens (including phenoxy) is 1. The average molecular weight is 571 g/mol. The summed E-state index contributed by atoms with van der Waals surface area (Å²) in [6.07, 6.45) is -4.92. The lowest BCUT2D eigenvalue weighted by Gasteiger charge is -2.27. The molecule has 41 heavy (non-hydrogen) atoms. The van der Waals surface area contributed by atoms with Gasteiger partial charge in [-0.3, -0.25) is 14.5 Å². The summed E-state index contributed by atoms with van der Waals surface area (Å²) in [6, 6.07) is 13.5. The van der Waals surface area contributed by atoms with Crippen LogP contribution in [0.15, 0.2) is 65.8 Å². The second-order valence-electron chi connectivity index (χ2n) is 9.53. The Morgan fingerprint density at radius 2 is 1.68 bits per heavy atom. The summed E-state index contributed by atoms with van der Waals surface area (Å²) in [6.45, 7) is 4.84. The molecule has 0 spiro atoms. The van der Waals surface area contributed by atoms with Gasteiger partial charge in [-0.25, -0.2) is 4.79 Å². The first-order chi connectivity index (χ1) is 19.4. The van der Waals surface area contributed by atoms with E-state index in [9.17, 15) is 27.6 Å². The maximum Gasteiger partial charge on any atom is 0.573 e. The Kier molecular flexibility index (Phi) is 8.36. The number of rotatable bonds is 9. The van der Waals surface area contributed by atoms with Gasteiger partial charge in [0.05, 0.1) is 17.7 Å². The van der Waals surface area contributed by atoms with Crippen LogP contribution in [-0.4, -0.2) is 51.6 Å². The highest BCUT2D eigenvalue weighted by Gasteiger charge is 2.52.